The van der Waals surface area contributed by atoms with Crippen LogP contribution in [0.25, 0.3) is 0 Å². The molecule has 0 N–H and O–H groups in total. The zero-order valence-corrected chi connectivity index (χ0v) is 6.66. The van der Waals surface area contributed by atoms with Crippen molar-refractivity contribution in [2.45, 2.75) is 12.1 Å². The Morgan fingerprint density at radius 2 is 2.09 bits per heavy atom. The monoisotopic (exact) mass is 172 g/mol. The second kappa shape index (κ2) is 2.83. The third kappa shape index (κ3) is 1.39. The van der Waals surface area contributed by atoms with E-state index in [0.29, 0.717) is 12.4 Å². The van der Waals surface area contributed by atoms with Crippen LogP contribution in [0.3, 0.4) is 0 Å². The number of fused-ring (bicyclic) bond motifs is 1. The van der Waals surface area contributed by atoms with Gasteiger partial charge in [0.15, 0.2) is 11.1 Å². The van der Waals surface area contributed by atoms with Gasteiger partial charge in [0.1, 0.15) is 0 Å². The molecule has 2 aliphatic heterocycles. The lowest BCUT2D eigenvalue weighted by Crippen LogP contribution is -2.40. The van der Waals surface area contributed by atoms with E-state index in [2.05, 4.69) is 9.98 Å². The molecule has 1 fully saturated rings. The summed E-state index contributed by atoms with van der Waals surface area (Å²) < 4.78 is 15.8. The quantitative estimate of drug-likeness (QED) is 0.498. The van der Waals surface area contributed by atoms with Crippen LogP contribution in [0.1, 0.15) is 0 Å². The molecule has 3 unspecified atom stereocenters. The molecule has 0 radical (unpaired) electrons. The van der Waals surface area contributed by atoms with E-state index >= 15 is 0 Å². The molecule has 0 amide bonds. The molecule has 0 spiro atoms. The minimum Gasteiger partial charge on any atom is -0.288 e. The van der Waals surface area contributed by atoms with Crippen molar-refractivity contribution in [3.8, 4) is 0 Å². The summed E-state index contributed by atoms with van der Waals surface area (Å²) in [6.07, 6.45) is 3.32. The fourth-order valence-corrected chi connectivity index (χ4v) is 2.11. The summed E-state index contributed by atoms with van der Waals surface area (Å²) in [4.78, 5) is 8.31. The molecule has 0 bridgehead atoms. The Bertz CT molecular complexity index is 239. The second-order valence-electron chi connectivity index (χ2n) is 2.49. The Hall–Kier alpha value is -0.550. The Kier molecular flexibility index (Phi) is 1.83. The molecule has 2 aliphatic rings. The van der Waals surface area contributed by atoms with E-state index < -0.39 is 11.1 Å². The van der Waals surface area contributed by atoms with E-state index in [1.807, 2.05) is 0 Å². The number of hydrogen-bond acceptors (Lipinski definition) is 4. The molecular weight excluding hydrogens is 164 g/mol. The van der Waals surface area contributed by atoms with Gasteiger partial charge in [0.25, 0.3) is 0 Å². The van der Waals surface area contributed by atoms with Crippen LogP contribution in [0.5, 0.6) is 0 Å². The smallest absolute Gasteiger partial charge is 0.157 e. The van der Waals surface area contributed by atoms with Crippen LogP contribution in [-0.4, -0.2) is 41.1 Å². The molecule has 5 heteroatoms. The van der Waals surface area contributed by atoms with Gasteiger partial charge in [-0.2, -0.15) is 0 Å². The highest BCUT2D eigenvalue weighted by Gasteiger charge is 2.29. The fraction of sp³-hybridized carbons (Fsp3) is 0.667. The maximum Gasteiger partial charge on any atom is 0.157 e. The predicted molar refractivity (Wildman–Crippen MR) is 43.5 cm³/mol. The van der Waals surface area contributed by atoms with Crippen LogP contribution < -0.4 is 0 Å². The summed E-state index contributed by atoms with van der Waals surface area (Å²) in [5.41, 5.74) is 0. The maximum atomic E-state index is 10.9. The first kappa shape index (κ1) is 7.12. The minimum absolute atomic E-state index is 0.0783. The van der Waals surface area contributed by atoms with Gasteiger partial charge in [-0.15, -0.1) is 0 Å². The van der Waals surface area contributed by atoms with E-state index in [4.69, 9.17) is 4.18 Å². The van der Waals surface area contributed by atoms with Crippen molar-refractivity contribution in [1.82, 2.24) is 0 Å². The van der Waals surface area contributed by atoms with Crippen molar-refractivity contribution in [2.24, 2.45) is 9.98 Å². The highest BCUT2D eigenvalue weighted by molar-refractivity contribution is 7.80. The van der Waals surface area contributed by atoms with E-state index in [1.165, 1.54) is 0 Å². The molecule has 2 heterocycles. The Labute approximate surface area is 67.0 Å². The number of aliphatic imine (C=N–C) groups is 2. The van der Waals surface area contributed by atoms with E-state index in [1.54, 1.807) is 12.4 Å². The van der Waals surface area contributed by atoms with Crippen LogP contribution in [0.4, 0.5) is 0 Å². The van der Waals surface area contributed by atoms with Crippen molar-refractivity contribution >= 4 is 23.5 Å². The summed E-state index contributed by atoms with van der Waals surface area (Å²) in [6.45, 7) is 0.436. The topological polar surface area (TPSA) is 51.0 Å². The molecule has 60 valence electrons. The second-order valence-corrected chi connectivity index (χ2v) is 3.66. The van der Waals surface area contributed by atoms with Gasteiger partial charge in [0.2, 0.25) is 0 Å². The van der Waals surface area contributed by atoms with Crippen LogP contribution in [0.2, 0.25) is 0 Å². The van der Waals surface area contributed by atoms with Crippen molar-refractivity contribution in [1.29, 1.82) is 0 Å². The van der Waals surface area contributed by atoms with Gasteiger partial charge in [-0.1, -0.05) is 0 Å². The summed E-state index contributed by atoms with van der Waals surface area (Å²) in [7, 11) is 0. The maximum absolute atomic E-state index is 10.9. The zero-order chi connectivity index (χ0) is 7.68. The molecule has 0 aromatic heterocycles. The molecule has 0 aromatic carbocycles. The van der Waals surface area contributed by atoms with Gasteiger partial charge in [-0.3, -0.25) is 14.2 Å². The molecule has 0 saturated carbocycles. The first-order chi connectivity index (χ1) is 5.36. The van der Waals surface area contributed by atoms with E-state index in [9.17, 15) is 4.21 Å². The van der Waals surface area contributed by atoms with E-state index in [-0.39, 0.29) is 12.1 Å². The normalized spacial score (nSPS) is 42.0. The van der Waals surface area contributed by atoms with Crippen molar-refractivity contribution in [3.63, 3.8) is 0 Å². The van der Waals surface area contributed by atoms with Crippen LogP contribution in [0.15, 0.2) is 9.98 Å². The molecule has 1 saturated heterocycles. The Balaban J connectivity index is 2.12. The summed E-state index contributed by atoms with van der Waals surface area (Å²) in [6, 6.07) is 0.173. The Morgan fingerprint density at radius 3 is 2.91 bits per heavy atom. The predicted octanol–water partition coefficient (Wildman–Crippen LogP) is -0.427. The van der Waals surface area contributed by atoms with E-state index in [0.717, 1.165) is 0 Å². The summed E-state index contributed by atoms with van der Waals surface area (Å²) >= 11 is -1.15. The summed E-state index contributed by atoms with van der Waals surface area (Å²) in [5.74, 6) is 0.485. The van der Waals surface area contributed by atoms with Gasteiger partial charge in [0.05, 0.1) is 24.4 Å². The number of nitrogens with zero attached hydrogens (tertiary/aromatic N) is 2. The largest absolute Gasteiger partial charge is 0.288 e. The van der Waals surface area contributed by atoms with Crippen molar-refractivity contribution in [3.05, 3.63) is 0 Å². The lowest BCUT2D eigenvalue weighted by Gasteiger charge is -2.25. The average molecular weight is 172 g/mol. The molecule has 4 nitrogen and oxygen atoms in total. The summed E-state index contributed by atoms with van der Waals surface area (Å²) in [5, 5.41) is 0. The molecule has 0 aliphatic carbocycles. The SMILES string of the molecule is O=S1CC2N=CC=NC2CO1. The Morgan fingerprint density at radius 1 is 1.36 bits per heavy atom. The lowest BCUT2D eigenvalue weighted by molar-refractivity contribution is 0.278. The fourth-order valence-electron chi connectivity index (χ4n) is 1.14. The molecule has 3 atom stereocenters. The van der Waals surface area contributed by atoms with Gasteiger partial charge in [-0.05, 0) is 0 Å². The van der Waals surface area contributed by atoms with Crippen molar-refractivity contribution in [2.75, 3.05) is 12.4 Å². The van der Waals surface area contributed by atoms with Gasteiger partial charge < -0.3 is 0 Å². The molecule has 11 heavy (non-hydrogen) atoms. The van der Waals surface area contributed by atoms with Crippen LogP contribution in [0, 0.1) is 0 Å². The van der Waals surface area contributed by atoms with Crippen LogP contribution >= 0.6 is 0 Å². The number of rotatable bonds is 0. The van der Waals surface area contributed by atoms with Crippen molar-refractivity contribution < 1.29 is 8.39 Å². The standard InChI is InChI=1S/C6H8N2O2S/c9-11-4-6-5(3-10-11)7-1-2-8-6/h1-2,5-6H,3-4H2. The van der Waals surface area contributed by atoms with Gasteiger partial charge in [0, 0.05) is 12.4 Å². The molecular formula is C6H8N2O2S. The third-order valence-corrected chi connectivity index (χ3v) is 2.76. The highest BCUT2D eigenvalue weighted by Crippen LogP contribution is 2.14. The third-order valence-electron chi connectivity index (χ3n) is 1.74. The lowest BCUT2D eigenvalue weighted by atomic mass is 10.1. The van der Waals surface area contributed by atoms with Gasteiger partial charge in [-0.25, -0.2) is 4.21 Å². The zero-order valence-electron chi connectivity index (χ0n) is 5.84. The number of hydrogen-bond donors (Lipinski definition) is 0. The highest BCUT2D eigenvalue weighted by atomic mass is 32.2. The molecule has 0 aromatic rings. The first-order valence-electron chi connectivity index (χ1n) is 3.43. The first-order valence-corrected chi connectivity index (χ1v) is 4.67. The van der Waals surface area contributed by atoms with Crippen LogP contribution in [-0.2, 0) is 15.3 Å². The van der Waals surface area contributed by atoms with Gasteiger partial charge >= 0.3 is 0 Å². The minimum atomic E-state index is -1.15. The molecule has 2 rings (SSSR count). The average Bonchev–Trinajstić information content (AvgIpc) is 2.04.